The lowest BCUT2D eigenvalue weighted by molar-refractivity contribution is 0.0765. The van der Waals surface area contributed by atoms with E-state index in [-0.39, 0.29) is 0 Å². The zero-order valence-electron chi connectivity index (χ0n) is 10.9. The number of nitrogens with zero attached hydrogens (tertiary/aromatic N) is 3. The van der Waals surface area contributed by atoms with Gasteiger partial charge in [0.2, 0.25) is 0 Å². The first kappa shape index (κ1) is 12.5. The molecular weight excluding hydrogens is 250 g/mol. The minimum Gasteiger partial charge on any atom is -0.365 e. The molecule has 2 aromatic rings. The first-order valence-electron chi connectivity index (χ1n) is 6.51. The number of morpholine rings is 1. The quantitative estimate of drug-likeness (QED) is 0.792. The molecule has 98 valence electrons. The maximum Gasteiger partial charge on any atom is 0.161 e. The summed E-state index contributed by atoms with van der Waals surface area (Å²) in [7, 11) is 0. The lowest BCUT2D eigenvalue weighted by Gasteiger charge is -2.32. The average Bonchev–Trinajstić information content (AvgIpc) is 2.54. The molecule has 0 aromatic heterocycles. The minimum atomic E-state index is -0.391. The lowest BCUT2D eigenvalue weighted by Crippen LogP contribution is -2.41. The van der Waals surface area contributed by atoms with Gasteiger partial charge in [0.25, 0.3) is 0 Å². The Hall–Kier alpha value is -2.56. The van der Waals surface area contributed by atoms with Crippen LogP contribution in [0.25, 0.3) is 10.8 Å². The van der Waals surface area contributed by atoms with Gasteiger partial charge in [-0.2, -0.15) is 10.5 Å². The Bertz CT molecular complexity index is 727. The van der Waals surface area contributed by atoms with Gasteiger partial charge in [0.05, 0.1) is 30.9 Å². The number of anilines is 1. The molecule has 4 heteroatoms. The Morgan fingerprint density at radius 2 is 1.90 bits per heavy atom. The molecule has 1 heterocycles. The van der Waals surface area contributed by atoms with Crippen LogP contribution in [0.3, 0.4) is 0 Å². The van der Waals surface area contributed by atoms with Crippen molar-refractivity contribution >= 4 is 16.5 Å². The van der Waals surface area contributed by atoms with Crippen LogP contribution in [0, 0.1) is 22.7 Å². The molecule has 3 rings (SSSR count). The van der Waals surface area contributed by atoms with Crippen molar-refractivity contribution in [1.82, 2.24) is 0 Å². The van der Waals surface area contributed by atoms with Gasteiger partial charge in [-0.25, -0.2) is 0 Å². The van der Waals surface area contributed by atoms with Gasteiger partial charge in [-0.05, 0) is 12.1 Å². The Morgan fingerprint density at radius 3 is 2.65 bits per heavy atom. The summed E-state index contributed by atoms with van der Waals surface area (Å²) in [5, 5.41) is 20.2. The maximum atomic E-state index is 9.19. The number of benzene rings is 2. The molecule has 0 radical (unpaired) electrons. The third-order valence-electron chi connectivity index (χ3n) is 3.57. The minimum absolute atomic E-state index is 0.391. The van der Waals surface area contributed by atoms with Crippen molar-refractivity contribution in [3.63, 3.8) is 0 Å². The summed E-state index contributed by atoms with van der Waals surface area (Å²) in [4.78, 5) is 2.15. The third kappa shape index (κ3) is 2.07. The van der Waals surface area contributed by atoms with Crippen LogP contribution in [0.15, 0.2) is 36.4 Å². The van der Waals surface area contributed by atoms with Crippen LogP contribution in [-0.2, 0) is 4.74 Å². The maximum absolute atomic E-state index is 9.19. The molecule has 0 spiro atoms. The zero-order chi connectivity index (χ0) is 13.9. The van der Waals surface area contributed by atoms with E-state index in [1.54, 1.807) is 0 Å². The highest BCUT2D eigenvalue weighted by atomic mass is 16.5. The fourth-order valence-corrected chi connectivity index (χ4v) is 2.60. The molecule has 0 N–H and O–H groups in total. The summed E-state index contributed by atoms with van der Waals surface area (Å²) in [5.41, 5.74) is 1.73. The number of nitriles is 2. The van der Waals surface area contributed by atoms with Crippen molar-refractivity contribution < 1.29 is 4.74 Å². The van der Waals surface area contributed by atoms with E-state index >= 15 is 0 Å². The highest BCUT2D eigenvalue weighted by Crippen LogP contribution is 2.30. The molecule has 1 aliphatic heterocycles. The van der Waals surface area contributed by atoms with Gasteiger partial charge in [-0.15, -0.1) is 0 Å². The molecule has 1 unspecified atom stereocenters. The monoisotopic (exact) mass is 263 g/mol. The number of ether oxygens (including phenoxy) is 1. The van der Waals surface area contributed by atoms with Gasteiger partial charge in [0, 0.05) is 23.0 Å². The van der Waals surface area contributed by atoms with E-state index < -0.39 is 6.10 Å². The summed E-state index contributed by atoms with van der Waals surface area (Å²) >= 11 is 0. The molecule has 20 heavy (non-hydrogen) atoms. The Labute approximate surface area is 117 Å². The molecule has 0 aliphatic carbocycles. The summed E-state index contributed by atoms with van der Waals surface area (Å²) in [6.45, 7) is 1.87. The summed E-state index contributed by atoms with van der Waals surface area (Å²) in [6, 6.07) is 16.1. The van der Waals surface area contributed by atoms with E-state index in [9.17, 15) is 5.26 Å². The molecule has 1 fully saturated rings. The average molecular weight is 263 g/mol. The van der Waals surface area contributed by atoms with Crippen LogP contribution in [0.1, 0.15) is 5.56 Å². The van der Waals surface area contributed by atoms with E-state index in [2.05, 4.69) is 17.0 Å². The van der Waals surface area contributed by atoms with Crippen molar-refractivity contribution in [2.24, 2.45) is 0 Å². The largest absolute Gasteiger partial charge is 0.365 e. The predicted octanol–water partition coefficient (Wildman–Crippen LogP) is 2.44. The second-order valence-electron chi connectivity index (χ2n) is 4.72. The molecule has 1 atom stereocenters. The van der Waals surface area contributed by atoms with Crippen molar-refractivity contribution in [2.75, 3.05) is 24.6 Å². The fourth-order valence-electron chi connectivity index (χ4n) is 2.60. The van der Waals surface area contributed by atoms with Gasteiger partial charge in [0.15, 0.2) is 6.10 Å². The molecular formula is C16H13N3O. The van der Waals surface area contributed by atoms with Crippen LogP contribution in [-0.4, -0.2) is 25.8 Å². The third-order valence-corrected chi connectivity index (χ3v) is 3.57. The standard InChI is InChI=1S/C16H13N3O/c17-9-12-5-6-16(15-4-2-1-3-14(12)15)19-7-8-20-13(10-18)11-19/h1-6,13H,7-8,11H2. The van der Waals surface area contributed by atoms with Gasteiger partial charge in [-0.1, -0.05) is 24.3 Å². The highest BCUT2D eigenvalue weighted by molar-refractivity contribution is 5.97. The van der Waals surface area contributed by atoms with Crippen LogP contribution in [0.4, 0.5) is 5.69 Å². The zero-order valence-corrected chi connectivity index (χ0v) is 10.9. The molecule has 0 amide bonds. The molecule has 1 saturated heterocycles. The lowest BCUT2D eigenvalue weighted by atomic mass is 10.0. The van der Waals surface area contributed by atoms with Crippen LogP contribution in [0.5, 0.6) is 0 Å². The summed E-state index contributed by atoms with van der Waals surface area (Å²) in [5.74, 6) is 0. The first-order valence-corrected chi connectivity index (χ1v) is 6.51. The van der Waals surface area contributed by atoms with Crippen LogP contribution < -0.4 is 4.90 Å². The number of hydrogen-bond donors (Lipinski definition) is 0. The molecule has 1 aliphatic rings. The summed E-state index contributed by atoms with van der Waals surface area (Å²) in [6.07, 6.45) is -0.391. The Morgan fingerprint density at radius 1 is 1.10 bits per heavy atom. The van der Waals surface area contributed by atoms with Gasteiger partial charge in [0.1, 0.15) is 0 Å². The van der Waals surface area contributed by atoms with Crippen molar-refractivity contribution in [1.29, 1.82) is 10.5 Å². The summed E-state index contributed by atoms with van der Waals surface area (Å²) < 4.78 is 5.38. The van der Waals surface area contributed by atoms with Gasteiger partial charge in [-0.3, -0.25) is 0 Å². The van der Waals surface area contributed by atoms with E-state index in [0.717, 1.165) is 23.0 Å². The van der Waals surface area contributed by atoms with E-state index in [0.29, 0.717) is 18.7 Å². The van der Waals surface area contributed by atoms with E-state index in [1.165, 1.54) is 0 Å². The highest BCUT2D eigenvalue weighted by Gasteiger charge is 2.21. The number of hydrogen-bond acceptors (Lipinski definition) is 4. The molecule has 0 saturated carbocycles. The smallest absolute Gasteiger partial charge is 0.161 e. The number of rotatable bonds is 1. The first-order chi connectivity index (χ1) is 9.83. The van der Waals surface area contributed by atoms with Gasteiger partial charge >= 0.3 is 0 Å². The molecule has 4 nitrogen and oxygen atoms in total. The van der Waals surface area contributed by atoms with Crippen molar-refractivity contribution in [3.05, 3.63) is 42.0 Å². The predicted molar refractivity (Wildman–Crippen MR) is 76.2 cm³/mol. The van der Waals surface area contributed by atoms with Crippen molar-refractivity contribution in [3.8, 4) is 12.1 Å². The molecule has 2 aromatic carbocycles. The number of fused-ring (bicyclic) bond motifs is 1. The normalized spacial score (nSPS) is 18.5. The van der Waals surface area contributed by atoms with Crippen molar-refractivity contribution in [2.45, 2.75) is 6.10 Å². The fraction of sp³-hybridized carbons (Fsp3) is 0.250. The molecule has 0 bridgehead atoms. The second kappa shape index (κ2) is 5.21. The van der Waals surface area contributed by atoms with E-state index in [1.807, 2.05) is 36.4 Å². The van der Waals surface area contributed by atoms with Crippen LogP contribution in [0.2, 0.25) is 0 Å². The topological polar surface area (TPSA) is 60.1 Å². The Balaban J connectivity index is 2.09. The van der Waals surface area contributed by atoms with E-state index in [4.69, 9.17) is 10.00 Å². The van der Waals surface area contributed by atoms with Crippen LogP contribution >= 0.6 is 0 Å². The SMILES string of the molecule is N#Cc1ccc(N2CCOC(C#N)C2)c2ccccc12. The Kier molecular flexibility index (Phi) is 3.25. The second-order valence-corrected chi connectivity index (χ2v) is 4.72. The van der Waals surface area contributed by atoms with Gasteiger partial charge < -0.3 is 9.64 Å².